The number of morpholine rings is 1. The van der Waals surface area contributed by atoms with Gasteiger partial charge in [-0.25, -0.2) is 8.42 Å². The maximum Gasteiger partial charge on any atom is 0.251 e. The fourth-order valence-electron chi connectivity index (χ4n) is 5.36. The summed E-state index contributed by atoms with van der Waals surface area (Å²) in [4.78, 5) is 17.7. The molecule has 5 rings (SSSR count). The van der Waals surface area contributed by atoms with E-state index in [2.05, 4.69) is 15.1 Å². The number of carbonyl (C=O) groups is 1. The molecule has 0 unspecified atom stereocenters. The van der Waals surface area contributed by atoms with Gasteiger partial charge in [0.05, 0.1) is 43.1 Å². The second-order valence-corrected chi connectivity index (χ2v) is 13.3. The summed E-state index contributed by atoms with van der Waals surface area (Å²) < 4.78 is 41.7. The van der Waals surface area contributed by atoms with E-state index in [0.29, 0.717) is 17.7 Å². The molecule has 0 radical (unpaired) electrons. The van der Waals surface area contributed by atoms with Gasteiger partial charge in [0.1, 0.15) is 24.2 Å². The maximum absolute atomic E-state index is 12.9. The first-order valence-electron chi connectivity index (χ1n) is 15.1. The van der Waals surface area contributed by atoms with Crippen molar-refractivity contribution in [3.05, 3.63) is 83.9 Å². The Morgan fingerprint density at radius 3 is 2.32 bits per heavy atom. The Hall–Kier alpha value is -3.64. The third-order valence-corrected chi connectivity index (χ3v) is 9.81. The monoisotopic (exact) mass is 623 g/mol. The Labute approximate surface area is 259 Å². The molecule has 3 aromatic carbocycles. The smallest absolute Gasteiger partial charge is 0.251 e. The molecule has 236 valence electrons. The lowest BCUT2D eigenvalue weighted by molar-refractivity contribution is 0.0322. The Morgan fingerprint density at radius 1 is 0.977 bits per heavy atom. The summed E-state index contributed by atoms with van der Waals surface area (Å²) in [6, 6.07) is 20.7. The number of amides is 1. The van der Waals surface area contributed by atoms with Crippen molar-refractivity contribution in [1.82, 2.24) is 10.2 Å². The first kappa shape index (κ1) is 31.8. The standard InChI is InChI=1S/C33H41N3O7S/c1-2-44(39,40)31-13-5-25(6-14-31)32(24-37)34-33(38)26-3-7-27(8-4-26)36-16-15-30(23-36)43-29-11-9-28(10-12-29)42-22-19-35-17-20-41-21-18-35/h3-14,30,32,37H,2,15-24H2,1H3,(H,34,38)/t30-,32-/m0/s1. The van der Waals surface area contributed by atoms with E-state index in [4.69, 9.17) is 14.2 Å². The highest BCUT2D eigenvalue weighted by Gasteiger charge is 2.25. The Balaban J connectivity index is 1.08. The van der Waals surface area contributed by atoms with Crippen LogP contribution in [0.15, 0.2) is 77.7 Å². The molecule has 2 fully saturated rings. The summed E-state index contributed by atoms with van der Waals surface area (Å²) in [6.07, 6.45) is 0.936. The lowest BCUT2D eigenvalue weighted by atomic mass is 10.1. The van der Waals surface area contributed by atoms with Crippen molar-refractivity contribution in [1.29, 1.82) is 0 Å². The van der Waals surface area contributed by atoms with E-state index in [1.54, 1.807) is 31.2 Å². The van der Waals surface area contributed by atoms with Crippen LogP contribution in [0.2, 0.25) is 0 Å². The molecule has 0 spiro atoms. The second-order valence-electron chi connectivity index (χ2n) is 11.0. The third-order valence-electron chi connectivity index (χ3n) is 8.06. The van der Waals surface area contributed by atoms with E-state index in [9.17, 15) is 18.3 Å². The molecule has 2 heterocycles. The van der Waals surface area contributed by atoms with Crippen LogP contribution in [-0.4, -0.2) is 95.3 Å². The number of benzene rings is 3. The highest BCUT2D eigenvalue weighted by Crippen LogP contribution is 2.26. The van der Waals surface area contributed by atoms with Gasteiger partial charge < -0.3 is 29.5 Å². The van der Waals surface area contributed by atoms with Crippen LogP contribution in [0, 0.1) is 0 Å². The van der Waals surface area contributed by atoms with Crippen LogP contribution >= 0.6 is 0 Å². The average Bonchev–Trinajstić information content (AvgIpc) is 3.53. The lowest BCUT2D eigenvalue weighted by Crippen LogP contribution is -2.38. The molecule has 2 aliphatic rings. The summed E-state index contributed by atoms with van der Waals surface area (Å²) in [6.45, 7) is 7.85. The largest absolute Gasteiger partial charge is 0.492 e. The molecule has 2 aliphatic heterocycles. The summed E-state index contributed by atoms with van der Waals surface area (Å²) >= 11 is 0. The fraction of sp³-hybridized carbons (Fsp3) is 0.424. The molecule has 11 heteroatoms. The van der Waals surface area contributed by atoms with E-state index in [1.807, 2.05) is 36.4 Å². The summed E-state index contributed by atoms with van der Waals surface area (Å²) in [5, 5.41) is 12.7. The zero-order chi connectivity index (χ0) is 30.9. The summed E-state index contributed by atoms with van der Waals surface area (Å²) in [5.74, 6) is 1.32. The Kier molecular flexibility index (Phi) is 10.8. The molecular weight excluding hydrogens is 582 g/mol. The van der Waals surface area contributed by atoms with Crippen LogP contribution in [0.25, 0.3) is 0 Å². The van der Waals surface area contributed by atoms with E-state index in [1.165, 1.54) is 12.1 Å². The third kappa shape index (κ3) is 8.29. The number of aliphatic hydroxyl groups excluding tert-OH is 1. The number of nitrogens with zero attached hydrogens (tertiary/aromatic N) is 2. The van der Waals surface area contributed by atoms with Gasteiger partial charge in [-0.15, -0.1) is 0 Å². The van der Waals surface area contributed by atoms with Crippen LogP contribution in [0.3, 0.4) is 0 Å². The van der Waals surface area contributed by atoms with Crippen molar-refractivity contribution in [3.63, 3.8) is 0 Å². The quantitative estimate of drug-likeness (QED) is 0.296. The van der Waals surface area contributed by atoms with Crippen molar-refractivity contribution >= 4 is 21.4 Å². The molecule has 0 aliphatic carbocycles. The highest BCUT2D eigenvalue weighted by atomic mass is 32.2. The molecule has 2 atom stereocenters. The minimum absolute atomic E-state index is 0.00780. The van der Waals surface area contributed by atoms with E-state index in [-0.39, 0.29) is 29.3 Å². The fourth-order valence-corrected chi connectivity index (χ4v) is 6.24. The zero-order valence-corrected chi connectivity index (χ0v) is 25.9. The van der Waals surface area contributed by atoms with Crippen molar-refractivity contribution < 1.29 is 32.5 Å². The molecule has 1 amide bonds. The number of ether oxygens (including phenoxy) is 3. The number of hydrogen-bond donors (Lipinski definition) is 2. The number of rotatable bonds is 13. The minimum atomic E-state index is -3.32. The predicted octanol–water partition coefficient (Wildman–Crippen LogP) is 3.31. The van der Waals surface area contributed by atoms with Crippen molar-refractivity contribution in [2.75, 3.05) is 69.8 Å². The SMILES string of the molecule is CCS(=O)(=O)c1ccc([C@H](CO)NC(=O)c2ccc(N3CC[C@H](Oc4ccc(OCCN5CCOCC5)cc4)C3)cc2)cc1. The number of hydrogen-bond acceptors (Lipinski definition) is 9. The van der Waals surface area contributed by atoms with Crippen LogP contribution in [0.1, 0.15) is 35.3 Å². The first-order chi connectivity index (χ1) is 21.3. The number of carbonyl (C=O) groups excluding carboxylic acids is 1. The van der Waals surface area contributed by atoms with Crippen LogP contribution in [0.5, 0.6) is 11.5 Å². The molecule has 10 nitrogen and oxygen atoms in total. The normalized spacial score (nSPS) is 18.1. The van der Waals surface area contributed by atoms with Gasteiger partial charge in [-0.05, 0) is 66.2 Å². The number of nitrogens with one attached hydrogen (secondary N) is 1. The van der Waals surface area contributed by atoms with Gasteiger partial charge in [-0.2, -0.15) is 0 Å². The zero-order valence-electron chi connectivity index (χ0n) is 25.1. The van der Waals surface area contributed by atoms with Gasteiger partial charge in [-0.3, -0.25) is 9.69 Å². The first-order valence-corrected chi connectivity index (χ1v) is 16.8. The predicted molar refractivity (Wildman–Crippen MR) is 168 cm³/mol. The average molecular weight is 624 g/mol. The van der Waals surface area contributed by atoms with Crippen molar-refractivity contribution in [3.8, 4) is 11.5 Å². The summed E-state index contributed by atoms with van der Waals surface area (Å²) in [5.41, 5.74) is 2.10. The number of aliphatic hydroxyl groups is 1. The molecule has 2 saturated heterocycles. The topological polar surface area (TPSA) is 118 Å². The Morgan fingerprint density at radius 2 is 1.66 bits per heavy atom. The molecule has 3 aromatic rings. The van der Waals surface area contributed by atoms with E-state index < -0.39 is 15.9 Å². The van der Waals surface area contributed by atoms with Crippen molar-refractivity contribution in [2.24, 2.45) is 0 Å². The maximum atomic E-state index is 12.9. The van der Waals surface area contributed by atoms with Gasteiger partial charge in [-0.1, -0.05) is 19.1 Å². The Bertz CT molecular complexity index is 1460. The lowest BCUT2D eigenvalue weighted by Gasteiger charge is -2.26. The second kappa shape index (κ2) is 14.9. The minimum Gasteiger partial charge on any atom is -0.492 e. The summed E-state index contributed by atoms with van der Waals surface area (Å²) in [7, 11) is -3.32. The van der Waals surface area contributed by atoms with E-state index in [0.717, 1.165) is 69.5 Å². The van der Waals surface area contributed by atoms with Crippen molar-refractivity contribution in [2.45, 2.75) is 30.4 Å². The molecule has 0 aromatic heterocycles. The van der Waals surface area contributed by atoms with E-state index >= 15 is 0 Å². The van der Waals surface area contributed by atoms with Crippen LogP contribution < -0.4 is 19.7 Å². The molecule has 2 N–H and O–H groups in total. The van der Waals surface area contributed by atoms with Gasteiger partial charge in [0.15, 0.2) is 9.84 Å². The van der Waals surface area contributed by atoms with Gasteiger partial charge >= 0.3 is 0 Å². The van der Waals surface area contributed by atoms with Gasteiger partial charge in [0.2, 0.25) is 0 Å². The molecule has 0 bridgehead atoms. The van der Waals surface area contributed by atoms with Crippen LogP contribution in [-0.2, 0) is 14.6 Å². The molecule has 0 saturated carbocycles. The molecule has 44 heavy (non-hydrogen) atoms. The number of sulfone groups is 1. The van der Waals surface area contributed by atoms with Crippen LogP contribution in [0.4, 0.5) is 5.69 Å². The van der Waals surface area contributed by atoms with Gasteiger partial charge in [0, 0.05) is 43.9 Å². The van der Waals surface area contributed by atoms with Gasteiger partial charge in [0.25, 0.3) is 5.91 Å². The highest BCUT2D eigenvalue weighted by molar-refractivity contribution is 7.91. The molecular formula is C33H41N3O7S. The number of anilines is 1.